The SMILES string of the molecule is CNc1cccc(Nc2ncnc(N(Cc3ccccc3)Cc3ccccc3)c2N)c1. The molecule has 0 fully saturated rings. The van der Waals surface area contributed by atoms with E-state index in [2.05, 4.69) is 49.8 Å². The standard InChI is InChI=1S/C25H26N6/c1-27-21-13-8-14-22(15-21)30-24-23(26)25(29-18-28-24)31(16-19-9-4-2-5-10-19)17-20-11-6-3-7-12-20/h2-15,18,27H,16-17,26H2,1H3,(H,28,29,30). The number of nitrogens with one attached hydrogen (secondary N) is 2. The van der Waals surface area contributed by atoms with Gasteiger partial charge in [-0.05, 0) is 29.3 Å². The molecule has 0 amide bonds. The van der Waals surface area contributed by atoms with E-state index in [9.17, 15) is 0 Å². The minimum Gasteiger partial charge on any atom is -0.393 e. The monoisotopic (exact) mass is 410 g/mol. The summed E-state index contributed by atoms with van der Waals surface area (Å²) in [5, 5.41) is 6.47. The van der Waals surface area contributed by atoms with Crippen LogP contribution in [0.25, 0.3) is 0 Å². The summed E-state index contributed by atoms with van der Waals surface area (Å²) in [6.07, 6.45) is 1.55. The van der Waals surface area contributed by atoms with Crippen molar-refractivity contribution in [3.63, 3.8) is 0 Å². The summed E-state index contributed by atoms with van der Waals surface area (Å²) < 4.78 is 0. The van der Waals surface area contributed by atoms with Gasteiger partial charge < -0.3 is 21.3 Å². The lowest BCUT2D eigenvalue weighted by atomic mass is 10.1. The van der Waals surface area contributed by atoms with Crippen molar-refractivity contribution in [3.05, 3.63) is 102 Å². The van der Waals surface area contributed by atoms with Crippen LogP contribution in [-0.2, 0) is 13.1 Å². The molecule has 4 rings (SSSR count). The Labute approximate surface area is 182 Å². The van der Waals surface area contributed by atoms with Crippen LogP contribution in [0.2, 0.25) is 0 Å². The van der Waals surface area contributed by atoms with Crippen molar-refractivity contribution in [3.8, 4) is 0 Å². The minimum absolute atomic E-state index is 0.518. The Bertz CT molecular complexity index is 1070. The number of hydrogen-bond acceptors (Lipinski definition) is 6. The van der Waals surface area contributed by atoms with Gasteiger partial charge in [-0.1, -0.05) is 66.7 Å². The fraction of sp³-hybridized carbons (Fsp3) is 0.120. The van der Waals surface area contributed by atoms with Gasteiger partial charge in [0.2, 0.25) is 0 Å². The first-order chi connectivity index (χ1) is 15.2. The Morgan fingerprint density at radius 2 is 1.39 bits per heavy atom. The van der Waals surface area contributed by atoms with Gasteiger partial charge in [-0.25, -0.2) is 9.97 Å². The fourth-order valence-corrected chi connectivity index (χ4v) is 3.44. The van der Waals surface area contributed by atoms with Gasteiger partial charge in [0.15, 0.2) is 11.6 Å². The summed E-state index contributed by atoms with van der Waals surface area (Å²) in [5.41, 5.74) is 11.4. The third kappa shape index (κ3) is 5.11. The molecule has 0 radical (unpaired) electrons. The summed E-state index contributed by atoms with van der Waals surface area (Å²) >= 11 is 0. The van der Waals surface area contributed by atoms with Crippen LogP contribution in [-0.4, -0.2) is 17.0 Å². The average Bonchev–Trinajstić information content (AvgIpc) is 2.81. The Balaban J connectivity index is 1.66. The van der Waals surface area contributed by atoms with E-state index < -0.39 is 0 Å². The summed E-state index contributed by atoms with van der Waals surface area (Å²) in [5.74, 6) is 1.29. The molecule has 1 aromatic heterocycles. The number of rotatable bonds is 8. The Hall–Kier alpha value is -4.06. The number of nitrogen functional groups attached to an aromatic ring is 1. The smallest absolute Gasteiger partial charge is 0.159 e. The Kier molecular flexibility index (Phi) is 6.28. The van der Waals surface area contributed by atoms with Gasteiger partial charge in [0.1, 0.15) is 12.0 Å². The van der Waals surface area contributed by atoms with Crippen molar-refractivity contribution in [2.24, 2.45) is 0 Å². The molecule has 4 N–H and O–H groups in total. The first kappa shape index (κ1) is 20.2. The normalized spacial score (nSPS) is 10.5. The molecule has 0 bridgehead atoms. The summed E-state index contributed by atoms with van der Waals surface area (Å²) in [6.45, 7) is 1.37. The van der Waals surface area contributed by atoms with E-state index in [0.29, 0.717) is 30.4 Å². The molecule has 0 atom stereocenters. The van der Waals surface area contributed by atoms with E-state index >= 15 is 0 Å². The van der Waals surface area contributed by atoms with Gasteiger partial charge in [0, 0.05) is 31.5 Å². The zero-order valence-electron chi connectivity index (χ0n) is 17.5. The van der Waals surface area contributed by atoms with E-state index in [0.717, 1.165) is 11.4 Å². The molecule has 0 aliphatic carbocycles. The zero-order valence-corrected chi connectivity index (χ0v) is 17.5. The third-order valence-corrected chi connectivity index (χ3v) is 5.01. The first-order valence-electron chi connectivity index (χ1n) is 10.2. The van der Waals surface area contributed by atoms with Gasteiger partial charge in [-0.3, -0.25) is 0 Å². The fourth-order valence-electron chi connectivity index (χ4n) is 3.44. The van der Waals surface area contributed by atoms with Gasteiger partial charge in [0.25, 0.3) is 0 Å². The predicted molar refractivity (Wildman–Crippen MR) is 128 cm³/mol. The van der Waals surface area contributed by atoms with E-state index in [-0.39, 0.29) is 0 Å². The lowest BCUT2D eigenvalue weighted by Gasteiger charge is -2.26. The highest BCUT2D eigenvalue weighted by atomic mass is 15.2. The molecule has 0 saturated heterocycles. The molecule has 31 heavy (non-hydrogen) atoms. The highest BCUT2D eigenvalue weighted by molar-refractivity contribution is 5.79. The average molecular weight is 411 g/mol. The van der Waals surface area contributed by atoms with Gasteiger partial charge in [0.05, 0.1) is 0 Å². The molecule has 0 saturated carbocycles. The second-order valence-corrected chi connectivity index (χ2v) is 7.24. The van der Waals surface area contributed by atoms with Gasteiger partial charge in [-0.15, -0.1) is 0 Å². The number of anilines is 5. The topological polar surface area (TPSA) is 79.1 Å². The van der Waals surface area contributed by atoms with E-state index in [4.69, 9.17) is 5.73 Å². The van der Waals surface area contributed by atoms with Crippen LogP contribution in [0.15, 0.2) is 91.3 Å². The molecule has 0 aliphatic heterocycles. The number of aromatic nitrogens is 2. The van der Waals surface area contributed by atoms with Gasteiger partial charge >= 0.3 is 0 Å². The zero-order chi connectivity index (χ0) is 21.5. The maximum absolute atomic E-state index is 6.57. The van der Waals surface area contributed by atoms with Crippen molar-refractivity contribution in [2.75, 3.05) is 28.3 Å². The molecule has 1 heterocycles. The van der Waals surface area contributed by atoms with E-state index in [1.54, 1.807) is 6.33 Å². The lowest BCUT2D eigenvalue weighted by Crippen LogP contribution is -2.24. The van der Waals surface area contributed by atoms with Crippen LogP contribution in [0.1, 0.15) is 11.1 Å². The van der Waals surface area contributed by atoms with Crippen molar-refractivity contribution in [1.82, 2.24) is 9.97 Å². The van der Waals surface area contributed by atoms with E-state index in [1.165, 1.54) is 11.1 Å². The summed E-state index contributed by atoms with van der Waals surface area (Å²) in [7, 11) is 1.89. The Morgan fingerprint density at radius 3 is 2.00 bits per heavy atom. The number of nitrogens with zero attached hydrogens (tertiary/aromatic N) is 3. The molecule has 156 valence electrons. The predicted octanol–water partition coefficient (Wildman–Crippen LogP) is 5.05. The molecule has 4 aromatic rings. The van der Waals surface area contributed by atoms with Gasteiger partial charge in [-0.2, -0.15) is 0 Å². The van der Waals surface area contributed by atoms with Crippen molar-refractivity contribution >= 4 is 28.7 Å². The molecule has 6 heteroatoms. The quantitative estimate of drug-likeness (QED) is 0.377. The third-order valence-electron chi connectivity index (χ3n) is 5.01. The maximum Gasteiger partial charge on any atom is 0.159 e. The first-order valence-corrected chi connectivity index (χ1v) is 10.2. The van der Waals surface area contributed by atoms with Crippen LogP contribution in [0.5, 0.6) is 0 Å². The molecule has 6 nitrogen and oxygen atoms in total. The van der Waals surface area contributed by atoms with Crippen molar-refractivity contribution in [2.45, 2.75) is 13.1 Å². The van der Waals surface area contributed by atoms with Crippen LogP contribution in [0.4, 0.5) is 28.7 Å². The second kappa shape index (κ2) is 9.63. The molecular formula is C25H26N6. The molecular weight excluding hydrogens is 384 g/mol. The van der Waals surface area contributed by atoms with Crippen molar-refractivity contribution in [1.29, 1.82) is 0 Å². The molecule has 0 spiro atoms. The lowest BCUT2D eigenvalue weighted by molar-refractivity contribution is 0.782. The highest BCUT2D eigenvalue weighted by Gasteiger charge is 2.16. The number of hydrogen-bond donors (Lipinski definition) is 3. The van der Waals surface area contributed by atoms with Crippen LogP contribution in [0.3, 0.4) is 0 Å². The molecule has 0 unspecified atom stereocenters. The molecule has 0 aliphatic rings. The molecule has 3 aromatic carbocycles. The van der Waals surface area contributed by atoms with Crippen LogP contribution >= 0.6 is 0 Å². The maximum atomic E-state index is 6.57. The largest absolute Gasteiger partial charge is 0.393 e. The second-order valence-electron chi connectivity index (χ2n) is 7.24. The number of nitrogens with two attached hydrogens (primary N) is 1. The van der Waals surface area contributed by atoms with E-state index in [1.807, 2.05) is 67.7 Å². The van der Waals surface area contributed by atoms with Crippen molar-refractivity contribution < 1.29 is 0 Å². The summed E-state index contributed by atoms with van der Waals surface area (Å²) in [4.78, 5) is 11.1. The van der Waals surface area contributed by atoms with Crippen LogP contribution < -0.4 is 21.3 Å². The number of benzene rings is 3. The highest BCUT2D eigenvalue weighted by Crippen LogP contribution is 2.31. The summed E-state index contributed by atoms with van der Waals surface area (Å²) in [6, 6.07) is 28.6. The van der Waals surface area contributed by atoms with Crippen LogP contribution in [0, 0.1) is 0 Å². The Morgan fingerprint density at radius 1 is 0.774 bits per heavy atom. The minimum atomic E-state index is 0.518.